The van der Waals surface area contributed by atoms with Crippen molar-refractivity contribution in [1.29, 1.82) is 0 Å². The largest absolute Gasteiger partial charge is 0.353 e. The molecule has 172 valence electrons. The van der Waals surface area contributed by atoms with Gasteiger partial charge in [0, 0.05) is 25.7 Å². The second-order valence-corrected chi connectivity index (χ2v) is 9.63. The number of carbonyl (C=O) groups is 2. The van der Waals surface area contributed by atoms with Gasteiger partial charge in [-0.2, -0.15) is 4.98 Å². The van der Waals surface area contributed by atoms with E-state index in [4.69, 9.17) is 0 Å². The van der Waals surface area contributed by atoms with Gasteiger partial charge in [-0.1, -0.05) is 41.7 Å². The summed E-state index contributed by atoms with van der Waals surface area (Å²) >= 11 is 1.28. The highest BCUT2D eigenvalue weighted by molar-refractivity contribution is 7.22. The van der Waals surface area contributed by atoms with Crippen molar-refractivity contribution in [1.82, 2.24) is 25.2 Å². The molecule has 1 aliphatic carbocycles. The van der Waals surface area contributed by atoms with Crippen LogP contribution in [0.2, 0.25) is 0 Å². The van der Waals surface area contributed by atoms with Gasteiger partial charge < -0.3 is 15.5 Å². The van der Waals surface area contributed by atoms with Crippen LogP contribution in [0.25, 0.3) is 10.3 Å². The Hall–Kier alpha value is -3.27. The molecule has 3 aromatic rings. The highest BCUT2D eigenvalue weighted by Crippen LogP contribution is 2.30. The van der Waals surface area contributed by atoms with Crippen LogP contribution in [0, 0.1) is 5.92 Å². The van der Waals surface area contributed by atoms with Gasteiger partial charge in [0.1, 0.15) is 17.6 Å². The van der Waals surface area contributed by atoms with E-state index < -0.39 is 0 Å². The van der Waals surface area contributed by atoms with Crippen molar-refractivity contribution in [3.05, 3.63) is 52.6 Å². The quantitative estimate of drug-likeness (QED) is 0.548. The molecule has 10 heteroatoms. The van der Waals surface area contributed by atoms with E-state index in [0.717, 1.165) is 37.8 Å². The third-order valence-electron chi connectivity index (χ3n) is 6.01. The highest BCUT2D eigenvalue weighted by atomic mass is 32.1. The van der Waals surface area contributed by atoms with Crippen LogP contribution in [0.5, 0.6) is 0 Å². The van der Waals surface area contributed by atoms with Gasteiger partial charge >= 0.3 is 0 Å². The molecule has 33 heavy (non-hydrogen) atoms. The molecule has 2 fully saturated rings. The summed E-state index contributed by atoms with van der Waals surface area (Å²) < 4.78 is 1.74. The molecule has 2 N–H and O–H groups in total. The zero-order valence-electron chi connectivity index (χ0n) is 18.2. The summed E-state index contributed by atoms with van der Waals surface area (Å²) in [5.74, 6) is -0.206. The van der Waals surface area contributed by atoms with E-state index in [0.29, 0.717) is 34.6 Å². The summed E-state index contributed by atoms with van der Waals surface area (Å²) in [5.41, 5.74) is 1.09. The summed E-state index contributed by atoms with van der Waals surface area (Å²) in [4.78, 5) is 48.7. The number of aromatic nitrogens is 3. The molecule has 0 radical (unpaired) electrons. The molecule has 1 aliphatic heterocycles. The maximum Gasteiger partial charge on any atom is 0.273 e. The SMILES string of the molecule is O=C(Cn1cnc2nc(N3CCCC(C(=O)NC4CC4)C3)sc2c1=O)NCc1ccccc1. The molecule has 1 aromatic carbocycles. The number of benzene rings is 1. The molecule has 2 aliphatic rings. The predicted octanol–water partition coefficient (Wildman–Crippen LogP) is 1.66. The zero-order valence-corrected chi connectivity index (χ0v) is 19.0. The minimum Gasteiger partial charge on any atom is -0.353 e. The van der Waals surface area contributed by atoms with E-state index >= 15 is 0 Å². The Balaban J connectivity index is 1.26. The van der Waals surface area contributed by atoms with Crippen LogP contribution >= 0.6 is 11.3 Å². The van der Waals surface area contributed by atoms with E-state index in [9.17, 15) is 14.4 Å². The number of thiazole rings is 1. The van der Waals surface area contributed by atoms with Crippen molar-refractivity contribution < 1.29 is 9.59 Å². The second kappa shape index (κ2) is 9.30. The van der Waals surface area contributed by atoms with E-state index in [1.54, 1.807) is 0 Å². The van der Waals surface area contributed by atoms with E-state index in [-0.39, 0.29) is 29.8 Å². The van der Waals surface area contributed by atoms with E-state index in [1.165, 1.54) is 22.2 Å². The van der Waals surface area contributed by atoms with Crippen LogP contribution in [-0.4, -0.2) is 45.5 Å². The molecule has 0 spiro atoms. The van der Waals surface area contributed by atoms with Crippen molar-refractivity contribution in [3.8, 4) is 0 Å². The van der Waals surface area contributed by atoms with Crippen LogP contribution < -0.4 is 21.1 Å². The Morgan fingerprint density at radius 3 is 2.76 bits per heavy atom. The molecule has 5 rings (SSSR count). The third kappa shape index (κ3) is 5.05. The lowest BCUT2D eigenvalue weighted by Gasteiger charge is -2.31. The lowest BCUT2D eigenvalue weighted by Crippen LogP contribution is -2.43. The van der Waals surface area contributed by atoms with Crippen molar-refractivity contribution in [2.75, 3.05) is 18.0 Å². The first-order chi connectivity index (χ1) is 16.1. The van der Waals surface area contributed by atoms with Gasteiger partial charge in [0.15, 0.2) is 10.8 Å². The van der Waals surface area contributed by atoms with Crippen LogP contribution in [0.1, 0.15) is 31.2 Å². The summed E-state index contributed by atoms with van der Waals surface area (Å²) in [7, 11) is 0. The first-order valence-electron chi connectivity index (χ1n) is 11.3. The van der Waals surface area contributed by atoms with Crippen molar-refractivity contribution in [2.24, 2.45) is 5.92 Å². The normalized spacial score (nSPS) is 18.3. The predicted molar refractivity (Wildman–Crippen MR) is 126 cm³/mol. The van der Waals surface area contributed by atoms with Gasteiger partial charge in [0.05, 0.1) is 5.92 Å². The summed E-state index contributed by atoms with van der Waals surface area (Å²) in [6.45, 7) is 1.69. The Kier molecular flexibility index (Phi) is 6.08. The number of amides is 2. The molecular weight excluding hydrogens is 440 g/mol. The fraction of sp³-hybridized carbons (Fsp3) is 0.435. The second-order valence-electron chi connectivity index (χ2n) is 8.66. The average molecular weight is 467 g/mol. The maximum atomic E-state index is 13.0. The molecular formula is C23H26N6O3S. The fourth-order valence-electron chi connectivity index (χ4n) is 4.00. The van der Waals surface area contributed by atoms with Crippen LogP contribution in [0.3, 0.4) is 0 Å². The number of rotatable bonds is 7. The number of anilines is 1. The summed E-state index contributed by atoms with van der Waals surface area (Å²) in [6, 6.07) is 9.95. The maximum absolute atomic E-state index is 13.0. The van der Waals surface area contributed by atoms with Gasteiger partial charge in [-0.3, -0.25) is 19.0 Å². The molecule has 2 aromatic heterocycles. The van der Waals surface area contributed by atoms with Crippen molar-refractivity contribution in [3.63, 3.8) is 0 Å². The van der Waals surface area contributed by atoms with Gasteiger partial charge in [-0.05, 0) is 31.2 Å². The summed E-state index contributed by atoms with van der Waals surface area (Å²) in [5, 5.41) is 6.62. The molecule has 9 nitrogen and oxygen atoms in total. The Morgan fingerprint density at radius 1 is 1.15 bits per heavy atom. The number of hydrogen-bond donors (Lipinski definition) is 2. The van der Waals surface area contributed by atoms with Crippen LogP contribution in [0.4, 0.5) is 5.13 Å². The zero-order chi connectivity index (χ0) is 22.8. The molecule has 2 amide bonds. The number of nitrogens with zero attached hydrogens (tertiary/aromatic N) is 4. The molecule has 1 atom stereocenters. The lowest BCUT2D eigenvalue weighted by atomic mass is 9.97. The fourth-order valence-corrected chi connectivity index (χ4v) is 5.01. The number of hydrogen-bond acceptors (Lipinski definition) is 7. The molecule has 1 saturated carbocycles. The lowest BCUT2D eigenvalue weighted by molar-refractivity contribution is -0.125. The number of fused-ring (bicyclic) bond motifs is 1. The minimum atomic E-state index is -0.279. The number of piperidine rings is 1. The first-order valence-corrected chi connectivity index (χ1v) is 12.1. The average Bonchev–Trinajstić information content (AvgIpc) is 3.54. The third-order valence-corrected chi connectivity index (χ3v) is 7.10. The Bertz CT molecular complexity index is 1220. The first kappa shape index (κ1) is 21.6. The molecule has 0 bridgehead atoms. The van der Waals surface area contributed by atoms with Crippen molar-refractivity contribution >= 4 is 38.6 Å². The van der Waals surface area contributed by atoms with Gasteiger partial charge in [-0.25, -0.2) is 4.98 Å². The highest BCUT2D eigenvalue weighted by Gasteiger charge is 2.31. The van der Waals surface area contributed by atoms with Gasteiger partial charge in [-0.15, -0.1) is 0 Å². The van der Waals surface area contributed by atoms with E-state index in [1.807, 2.05) is 30.3 Å². The Morgan fingerprint density at radius 2 is 1.97 bits per heavy atom. The van der Waals surface area contributed by atoms with Crippen LogP contribution in [0.15, 0.2) is 41.5 Å². The van der Waals surface area contributed by atoms with Crippen molar-refractivity contribution in [2.45, 2.75) is 44.8 Å². The number of carbonyl (C=O) groups excluding carboxylic acids is 2. The summed E-state index contributed by atoms with van der Waals surface area (Å²) in [6.07, 6.45) is 5.28. The molecule has 1 saturated heterocycles. The monoisotopic (exact) mass is 466 g/mol. The number of nitrogens with one attached hydrogen (secondary N) is 2. The molecule has 3 heterocycles. The Labute approximate surface area is 194 Å². The van der Waals surface area contributed by atoms with Gasteiger partial charge in [0.2, 0.25) is 11.8 Å². The van der Waals surface area contributed by atoms with Gasteiger partial charge in [0.25, 0.3) is 5.56 Å². The van der Waals surface area contributed by atoms with E-state index in [2.05, 4.69) is 25.5 Å². The standard InChI is InChI=1S/C23H26N6O3S/c30-18(24-11-15-5-2-1-3-6-15)13-29-14-25-20-19(22(29)32)33-23(27-20)28-10-4-7-16(12-28)21(31)26-17-8-9-17/h1-3,5-6,14,16-17H,4,7-13H2,(H,24,30)(H,26,31). The minimum absolute atomic E-state index is 0.0655. The van der Waals surface area contributed by atoms with Crippen LogP contribution in [-0.2, 0) is 22.7 Å². The topological polar surface area (TPSA) is 109 Å². The molecule has 1 unspecified atom stereocenters. The smallest absolute Gasteiger partial charge is 0.273 e.